The molecule has 0 aliphatic heterocycles. The van der Waals surface area contributed by atoms with Gasteiger partial charge in [-0.25, -0.2) is 4.57 Å². The molecule has 0 saturated carbocycles. The zero-order valence-electron chi connectivity index (χ0n) is 2.50. The molecule has 0 fully saturated rings. The monoisotopic (exact) mass is 205 g/mol. The molecule has 0 heterocycles. The van der Waals surface area contributed by atoms with Gasteiger partial charge in [-0.1, -0.05) is 0 Å². The molecule has 3 N–H and O–H groups in total. The molecule has 0 rings (SSSR count). The predicted octanol–water partition coefficient (Wildman–Crippen LogP) is -0.931. The minimum atomic E-state index is -4.64. The maximum absolute atomic E-state index is 8.88. The minimum Gasteiger partial charge on any atom is -0.303 e. The second-order valence-corrected chi connectivity index (χ2v) is 1.54. The summed E-state index contributed by atoms with van der Waals surface area (Å²) < 4.78 is 8.88. The third-order valence-corrected chi connectivity index (χ3v) is 0. The Hall–Kier alpha value is 0.850. The smallest absolute Gasteiger partial charge is 0.303 e. The third-order valence-electron chi connectivity index (χ3n) is 0. The van der Waals surface area contributed by atoms with Crippen molar-refractivity contribution >= 4 is 7.82 Å². The van der Waals surface area contributed by atoms with E-state index in [0.29, 0.717) is 0 Å². The fourth-order valence-corrected chi connectivity index (χ4v) is 0. The molecule has 6 heavy (non-hydrogen) atoms. The second kappa shape index (κ2) is 2.93. The van der Waals surface area contributed by atoms with E-state index < -0.39 is 7.82 Å². The van der Waals surface area contributed by atoms with E-state index in [1.165, 1.54) is 0 Å². The molecule has 0 saturated heterocycles. The van der Waals surface area contributed by atoms with Crippen LogP contribution in [-0.4, -0.2) is 14.7 Å². The molecular weight excluding hydrogens is 203 g/mol. The molecule has 0 aromatic carbocycles. The zero-order chi connectivity index (χ0) is 4.50. The second-order valence-electron chi connectivity index (χ2n) is 0.513. The quantitative estimate of drug-likeness (QED) is 0.353. The average molecular weight is 206 g/mol. The van der Waals surface area contributed by atoms with Gasteiger partial charge in [0, 0.05) is 0 Å². The van der Waals surface area contributed by atoms with Gasteiger partial charge >= 0.3 is 30.2 Å². The normalized spacial score (nSPS) is 9.83. The summed E-state index contributed by atoms with van der Waals surface area (Å²) >= 11 is 0. The topological polar surface area (TPSA) is 77.8 Å². The Labute approximate surface area is 49.9 Å². The van der Waals surface area contributed by atoms with Gasteiger partial charge in [0.2, 0.25) is 0 Å². The minimum absolute atomic E-state index is 0. The van der Waals surface area contributed by atoms with Crippen molar-refractivity contribution in [2.45, 2.75) is 0 Å². The molecule has 42 valence electrons. The molecule has 0 spiro atoms. The van der Waals surface area contributed by atoms with Gasteiger partial charge in [-0.05, 0) is 0 Å². The Morgan fingerprint density at radius 2 is 1.17 bits per heavy atom. The Bertz CT molecular complexity index is 53.7. The molecule has 0 aliphatic rings. The standard InChI is InChI=1S/Ag.H3O4P/c;1-5(2,3)4/h;(H3,1,2,3,4)/q+1;. The van der Waals surface area contributed by atoms with Gasteiger partial charge in [0.05, 0.1) is 0 Å². The molecule has 0 aliphatic carbocycles. The Kier molecular flexibility index (Phi) is 4.87. The van der Waals surface area contributed by atoms with Gasteiger partial charge in [0.1, 0.15) is 0 Å². The molecule has 6 heteroatoms. The first kappa shape index (κ1) is 9.97. The van der Waals surface area contributed by atoms with Crippen molar-refractivity contribution in [2.75, 3.05) is 0 Å². The molecule has 0 radical (unpaired) electrons. The van der Waals surface area contributed by atoms with Crippen LogP contribution in [0.25, 0.3) is 0 Å². The van der Waals surface area contributed by atoms with E-state index in [0.717, 1.165) is 0 Å². The molecular formula is H3AgO4P+. The van der Waals surface area contributed by atoms with Crippen LogP contribution in [0.3, 0.4) is 0 Å². The number of rotatable bonds is 0. The summed E-state index contributed by atoms with van der Waals surface area (Å²) in [5.41, 5.74) is 0. The average Bonchev–Trinajstić information content (AvgIpc) is 0.722. The van der Waals surface area contributed by atoms with E-state index in [2.05, 4.69) is 0 Å². The van der Waals surface area contributed by atoms with Crippen molar-refractivity contribution in [2.24, 2.45) is 0 Å². The largest absolute Gasteiger partial charge is 1.00 e. The van der Waals surface area contributed by atoms with E-state index in [4.69, 9.17) is 19.2 Å². The first-order chi connectivity index (χ1) is 2.00. The first-order valence-corrected chi connectivity index (χ1v) is 2.35. The van der Waals surface area contributed by atoms with Gasteiger partial charge in [-0.2, -0.15) is 0 Å². The fourth-order valence-electron chi connectivity index (χ4n) is 0. The number of hydrogen-bond acceptors (Lipinski definition) is 1. The summed E-state index contributed by atoms with van der Waals surface area (Å²) in [5, 5.41) is 0. The maximum Gasteiger partial charge on any atom is 1.00 e. The first-order valence-electron chi connectivity index (χ1n) is 0.783. The van der Waals surface area contributed by atoms with E-state index in [1.807, 2.05) is 0 Å². The van der Waals surface area contributed by atoms with E-state index in [9.17, 15) is 0 Å². The summed E-state index contributed by atoms with van der Waals surface area (Å²) in [6, 6.07) is 0. The maximum atomic E-state index is 8.88. The summed E-state index contributed by atoms with van der Waals surface area (Å²) in [4.78, 5) is 21.6. The van der Waals surface area contributed by atoms with Gasteiger partial charge in [-0.3, -0.25) is 0 Å². The van der Waals surface area contributed by atoms with Crippen LogP contribution in [0.4, 0.5) is 0 Å². The molecule has 0 amide bonds. The van der Waals surface area contributed by atoms with Crippen LogP contribution in [-0.2, 0) is 26.9 Å². The van der Waals surface area contributed by atoms with Crippen LogP contribution < -0.4 is 0 Å². The van der Waals surface area contributed by atoms with Crippen LogP contribution in [0.2, 0.25) is 0 Å². The summed E-state index contributed by atoms with van der Waals surface area (Å²) in [6.07, 6.45) is 0. The molecule has 0 unspecified atom stereocenters. The molecule has 4 nitrogen and oxygen atoms in total. The van der Waals surface area contributed by atoms with E-state index in [-0.39, 0.29) is 22.4 Å². The van der Waals surface area contributed by atoms with Crippen molar-refractivity contribution in [3.63, 3.8) is 0 Å². The Balaban J connectivity index is 0. The molecule has 0 aromatic rings. The van der Waals surface area contributed by atoms with E-state index in [1.54, 1.807) is 0 Å². The van der Waals surface area contributed by atoms with Crippen LogP contribution >= 0.6 is 7.82 Å². The van der Waals surface area contributed by atoms with Crippen LogP contribution in [0, 0.1) is 0 Å². The Morgan fingerprint density at radius 1 is 1.17 bits per heavy atom. The molecule has 0 aromatic heterocycles. The number of hydrogen-bond donors (Lipinski definition) is 3. The molecule has 0 atom stereocenters. The van der Waals surface area contributed by atoms with Crippen molar-refractivity contribution < 1.29 is 41.6 Å². The summed E-state index contributed by atoms with van der Waals surface area (Å²) in [6.45, 7) is 0. The van der Waals surface area contributed by atoms with Crippen molar-refractivity contribution in [1.82, 2.24) is 0 Å². The van der Waals surface area contributed by atoms with Crippen molar-refractivity contribution in [1.29, 1.82) is 0 Å². The van der Waals surface area contributed by atoms with Gasteiger partial charge in [-0.15, -0.1) is 0 Å². The third kappa shape index (κ3) is 99.5. The number of phosphoric acid groups is 1. The van der Waals surface area contributed by atoms with Crippen molar-refractivity contribution in [3.8, 4) is 0 Å². The van der Waals surface area contributed by atoms with Crippen LogP contribution in [0.1, 0.15) is 0 Å². The van der Waals surface area contributed by atoms with Gasteiger partial charge < -0.3 is 14.7 Å². The summed E-state index contributed by atoms with van der Waals surface area (Å²) in [7, 11) is -4.64. The molecule has 0 bridgehead atoms. The van der Waals surface area contributed by atoms with Gasteiger partial charge in [0.15, 0.2) is 0 Å². The van der Waals surface area contributed by atoms with Crippen molar-refractivity contribution in [3.05, 3.63) is 0 Å². The van der Waals surface area contributed by atoms with Gasteiger partial charge in [0.25, 0.3) is 0 Å². The van der Waals surface area contributed by atoms with E-state index >= 15 is 0 Å². The van der Waals surface area contributed by atoms with Crippen LogP contribution in [0.5, 0.6) is 0 Å². The zero-order valence-corrected chi connectivity index (χ0v) is 4.88. The summed E-state index contributed by atoms with van der Waals surface area (Å²) in [5.74, 6) is 0. The Morgan fingerprint density at radius 3 is 1.17 bits per heavy atom. The van der Waals surface area contributed by atoms with Crippen LogP contribution in [0.15, 0.2) is 0 Å². The SMILES string of the molecule is O=P(O)(O)O.[Ag+]. The fraction of sp³-hybridized carbons (Fsp3) is 0. The predicted molar refractivity (Wildman–Crippen MR) is 14.3 cm³/mol.